The number of anilines is 1. The zero-order chi connectivity index (χ0) is 10.9. The molecule has 0 spiro atoms. The molecule has 0 aliphatic carbocycles. The van der Waals surface area contributed by atoms with Crippen molar-refractivity contribution in [3.8, 4) is 0 Å². The largest absolute Gasteiger partial charge is 0.398 e. The SMILES string of the molecule is NCCCCCCSc1ccccc1N. The maximum absolute atomic E-state index is 5.85. The van der Waals surface area contributed by atoms with E-state index >= 15 is 0 Å². The predicted molar refractivity (Wildman–Crippen MR) is 69.1 cm³/mol. The van der Waals surface area contributed by atoms with Gasteiger partial charge in [-0.15, -0.1) is 11.8 Å². The topological polar surface area (TPSA) is 52.0 Å². The quantitative estimate of drug-likeness (QED) is 0.425. The number of para-hydroxylation sites is 1. The Balaban J connectivity index is 2.12. The van der Waals surface area contributed by atoms with Crippen molar-refractivity contribution in [1.82, 2.24) is 0 Å². The van der Waals surface area contributed by atoms with Gasteiger partial charge in [-0.1, -0.05) is 25.0 Å². The molecule has 0 atom stereocenters. The summed E-state index contributed by atoms with van der Waals surface area (Å²) in [6.45, 7) is 0.818. The van der Waals surface area contributed by atoms with Gasteiger partial charge in [0, 0.05) is 10.6 Å². The first-order valence-corrected chi connectivity index (χ1v) is 6.50. The van der Waals surface area contributed by atoms with E-state index in [1.807, 2.05) is 30.0 Å². The van der Waals surface area contributed by atoms with Gasteiger partial charge < -0.3 is 11.5 Å². The Morgan fingerprint density at radius 3 is 2.47 bits per heavy atom. The van der Waals surface area contributed by atoms with E-state index in [0.717, 1.165) is 24.4 Å². The highest BCUT2D eigenvalue weighted by Crippen LogP contribution is 2.25. The van der Waals surface area contributed by atoms with Crippen molar-refractivity contribution in [3.63, 3.8) is 0 Å². The van der Waals surface area contributed by atoms with Gasteiger partial charge in [-0.05, 0) is 37.3 Å². The molecule has 0 aliphatic rings. The Hall–Kier alpha value is -0.670. The van der Waals surface area contributed by atoms with Crippen LogP contribution in [0.4, 0.5) is 5.69 Å². The Labute approximate surface area is 96.4 Å². The number of unbranched alkanes of at least 4 members (excludes halogenated alkanes) is 3. The molecule has 4 N–H and O–H groups in total. The average Bonchev–Trinajstić information content (AvgIpc) is 2.25. The van der Waals surface area contributed by atoms with Gasteiger partial charge in [-0.25, -0.2) is 0 Å². The lowest BCUT2D eigenvalue weighted by Gasteiger charge is -2.04. The molecule has 0 amide bonds. The van der Waals surface area contributed by atoms with E-state index in [4.69, 9.17) is 11.5 Å². The number of nitrogens with two attached hydrogens (primary N) is 2. The van der Waals surface area contributed by atoms with E-state index in [0.29, 0.717) is 0 Å². The van der Waals surface area contributed by atoms with Crippen LogP contribution in [0.2, 0.25) is 0 Å². The summed E-state index contributed by atoms with van der Waals surface area (Å²) in [5.41, 5.74) is 12.2. The minimum Gasteiger partial charge on any atom is -0.398 e. The van der Waals surface area contributed by atoms with Gasteiger partial charge in [0.25, 0.3) is 0 Å². The molecule has 1 aromatic rings. The van der Waals surface area contributed by atoms with Crippen LogP contribution in [0.3, 0.4) is 0 Å². The number of nitrogen functional groups attached to an aromatic ring is 1. The molecule has 0 aliphatic heterocycles. The lowest BCUT2D eigenvalue weighted by molar-refractivity contribution is 0.678. The molecule has 0 unspecified atom stereocenters. The van der Waals surface area contributed by atoms with Gasteiger partial charge >= 0.3 is 0 Å². The Kier molecular flexibility index (Phi) is 6.28. The van der Waals surface area contributed by atoms with Crippen LogP contribution in [0.15, 0.2) is 29.2 Å². The summed E-state index contributed by atoms with van der Waals surface area (Å²) in [6, 6.07) is 8.05. The van der Waals surface area contributed by atoms with Crippen LogP contribution in [0, 0.1) is 0 Å². The van der Waals surface area contributed by atoms with Crippen LogP contribution in [-0.4, -0.2) is 12.3 Å². The van der Waals surface area contributed by atoms with Gasteiger partial charge in [0.2, 0.25) is 0 Å². The van der Waals surface area contributed by atoms with Crippen LogP contribution in [0.5, 0.6) is 0 Å². The zero-order valence-corrected chi connectivity index (χ0v) is 9.93. The standard InChI is InChI=1S/C12H20N2S/c13-9-5-1-2-6-10-15-12-8-4-3-7-11(12)14/h3-4,7-8H,1-2,5-6,9-10,13-14H2. The van der Waals surface area contributed by atoms with E-state index in [1.54, 1.807) is 0 Å². The van der Waals surface area contributed by atoms with Gasteiger partial charge in [-0.2, -0.15) is 0 Å². The molecule has 3 heteroatoms. The zero-order valence-electron chi connectivity index (χ0n) is 9.11. The number of hydrogen-bond acceptors (Lipinski definition) is 3. The first-order chi connectivity index (χ1) is 7.34. The highest BCUT2D eigenvalue weighted by molar-refractivity contribution is 7.99. The van der Waals surface area contributed by atoms with E-state index in [-0.39, 0.29) is 0 Å². The fourth-order valence-electron chi connectivity index (χ4n) is 1.39. The van der Waals surface area contributed by atoms with Crippen LogP contribution < -0.4 is 11.5 Å². The predicted octanol–water partition coefficient (Wildman–Crippen LogP) is 2.88. The Morgan fingerprint density at radius 2 is 1.73 bits per heavy atom. The average molecular weight is 224 g/mol. The summed E-state index contributed by atoms with van der Waals surface area (Å²) in [7, 11) is 0. The monoisotopic (exact) mass is 224 g/mol. The molecule has 15 heavy (non-hydrogen) atoms. The van der Waals surface area contributed by atoms with E-state index < -0.39 is 0 Å². The summed E-state index contributed by atoms with van der Waals surface area (Å²) in [5, 5.41) is 0. The lowest BCUT2D eigenvalue weighted by Crippen LogP contribution is -1.97. The summed E-state index contributed by atoms with van der Waals surface area (Å²) in [5.74, 6) is 1.15. The Bertz CT molecular complexity index is 276. The molecular formula is C12H20N2S. The summed E-state index contributed by atoms with van der Waals surface area (Å²) in [6.07, 6.45) is 4.93. The van der Waals surface area contributed by atoms with Gasteiger partial charge in [0.15, 0.2) is 0 Å². The molecule has 1 aromatic carbocycles. The number of benzene rings is 1. The third-order valence-electron chi connectivity index (χ3n) is 2.28. The highest BCUT2D eigenvalue weighted by atomic mass is 32.2. The van der Waals surface area contributed by atoms with Crippen molar-refractivity contribution in [2.24, 2.45) is 5.73 Å². The van der Waals surface area contributed by atoms with E-state index in [9.17, 15) is 0 Å². The highest BCUT2D eigenvalue weighted by Gasteiger charge is 1.97. The molecule has 0 saturated carbocycles. The van der Waals surface area contributed by atoms with Crippen LogP contribution >= 0.6 is 11.8 Å². The van der Waals surface area contributed by atoms with Crippen molar-refractivity contribution >= 4 is 17.4 Å². The molecule has 2 nitrogen and oxygen atoms in total. The maximum Gasteiger partial charge on any atom is 0.0452 e. The van der Waals surface area contributed by atoms with Crippen LogP contribution in [0.1, 0.15) is 25.7 Å². The molecule has 84 valence electrons. The maximum atomic E-state index is 5.85. The molecule has 0 saturated heterocycles. The van der Waals surface area contributed by atoms with E-state index in [2.05, 4.69) is 6.07 Å². The smallest absolute Gasteiger partial charge is 0.0452 e. The van der Waals surface area contributed by atoms with Gasteiger partial charge in [-0.3, -0.25) is 0 Å². The summed E-state index contributed by atoms with van der Waals surface area (Å²) < 4.78 is 0. The van der Waals surface area contributed by atoms with Crippen molar-refractivity contribution in [3.05, 3.63) is 24.3 Å². The molecule has 0 fully saturated rings. The number of rotatable bonds is 7. The first kappa shape index (κ1) is 12.4. The summed E-state index contributed by atoms with van der Waals surface area (Å²) >= 11 is 1.85. The molecule has 0 aromatic heterocycles. The fraction of sp³-hybridized carbons (Fsp3) is 0.500. The molecule has 1 rings (SSSR count). The number of thioether (sulfide) groups is 1. The normalized spacial score (nSPS) is 10.5. The second-order valence-electron chi connectivity index (χ2n) is 3.59. The lowest BCUT2D eigenvalue weighted by atomic mass is 10.2. The van der Waals surface area contributed by atoms with Crippen molar-refractivity contribution in [2.75, 3.05) is 18.0 Å². The van der Waals surface area contributed by atoms with Gasteiger partial charge in [0.1, 0.15) is 0 Å². The number of hydrogen-bond donors (Lipinski definition) is 2. The Morgan fingerprint density at radius 1 is 1.00 bits per heavy atom. The third-order valence-corrected chi connectivity index (χ3v) is 3.45. The second-order valence-corrected chi connectivity index (χ2v) is 4.73. The van der Waals surface area contributed by atoms with E-state index in [1.165, 1.54) is 24.2 Å². The molecule has 0 radical (unpaired) electrons. The third kappa shape index (κ3) is 5.09. The van der Waals surface area contributed by atoms with Gasteiger partial charge in [0.05, 0.1) is 0 Å². The van der Waals surface area contributed by atoms with Crippen molar-refractivity contribution in [2.45, 2.75) is 30.6 Å². The molecular weight excluding hydrogens is 204 g/mol. The summed E-state index contributed by atoms with van der Waals surface area (Å²) in [4.78, 5) is 1.20. The minimum atomic E-state index is 0.818. The molecule has 0 heterocycles. The van der Waals surface area contributed by atoms with Crippen molar-refractivity contribution in [1.29, 1.82) is 0 Å². The first-order valence-electron chi connectivity index (χ1n) is 5.52. The van der Waals surface area contributed by atoms with Crippen LogP contribution in [0.25, 0.3) is 0 Å². The molecule has 0 bridgehead atoms. The van der Waals surface area contributed by atoms with Crippen LogP contribution in [-0.2, 0) is 0 Å². The minimum absolute atomic E-state index is 0.818. The second kappa shape index (κ2) is 7.60. The van der Waals surface area contributed by atoms with Crippen molar-refractivity contribution < 1.29 is 0 Å². The fourth-order valence-corrected chi connectivity index (χ4v) is 2.37.